The molecule has 0 saturated heterocycles. The predicted octanol–water partition coefficient (Wildman–Crippen LogP) is 1.52. The van der Waals surface area contributed by atoms with E-state index in [9.17, 15) is 9.59 Å². The largest absolute Gasteiger partial charge is 0.491 e. The molecule has 0 spiro atoms. The van der Waals surface area contributed by atoms with Gasteiger partial charge in [0, 0.05) is 6.54 Å². The van der Waals surface area contributed by atoms with Gasteiger partial charge in [0.1, 0.15) is 5.75 Å². The maximum Gasteiger partial charge on any atom is 0.335 e. The standard InChI is InChI=1S/C12H13NO4/c1-2-13-9-7-8(12(15)16)3-4-10(9)17-6-5-11(13)14/h3-4,7H,2,5-6H2,1H3,(H,15,16). The summed E-state index contributed by atoms with van der Waals surface area (Å²) in [6.45, 7) is 2.67. The fraction of sp³-hybridized carbons (Fsp3) is 0.333. The highest BCUT2D eigenvalue weighted by Gasteiger charge is 2.22. The van der Waals surface area contributed by atoms with Crippen molar-refractivity contribution in [2.24, 2.45) is 0 Å². The summed E-state index contributed by atoms with van der Waals surface area (Å²) in [4.78, 5) is 24.2. The molecule has 0 saturated carbocycles. The molecule has 1 aromatic rings. The summed E-state index contributed by atoms with van der Waals surface area (Å²) in [5, 5.41) is 8.94. The third kappa shape index (κ3) is 2.08. The molecule has 1 aliphatic heterocycles. The Balaban J connectivity index is 2.51. The highest BCUT2D eigenvalue weighted by molar-refractivity contribution is 5.98. The van der Waals surface area contributed by atoms with E-state index in [1.807, 2.05) is 6.92 Å². The number of carboxylic acids is 1. The molecule has 1 heterocycles. The maximum absolute atomic E-state index is 11.8. The number of hydrogen-bond donors (Lipinski definition) is 1. The van der Waals surface area contributed by atoms with Gasteiger partial charge < -0.3 is 14.7 Å². The number of aromatic carboxylic acids is 1. The minimum absolute atomic E-state index is 0.0474. The highest BCUT2D eigenvalue weighted by Crippen LogP contribution is 2.32. The van der Waals surface area contributed by atoms with Gasteiger partial charge in [-0.15, -0.1) is 0 Å². The van der Waals surface area contributed by atoms with Gasteiger partial charge in [0.15, 0.2) is 0 Å². The van der Waals surface area contributed by atoms with Gasteiger partial charge in [-0.05, 0) is 25.1 Å². The van der Waals surface area contributed by atoms with Crippen molar-refractivity contribution in [1.82, 2.24) is 0 Å². The zero-order valence-electron chi connectivity index (χ0n) is 9.47. The number of rotatable bonds is 2. The third-order valence-electron chi connectivity index (χ3n) is 2.69. The summed E-state index contributed by atoms with van der Waals surface area (Å²) in [6.07, 6.45) is 0.310. The van der Waals surface area contributed by atoms with Crippen molar-refractivity contribution in [2.75, 3.05) is 18.1 Å². The van der Waals surface area contributed by atoms with E-state index in [0.717, 1.165) is 0 Å². The Morgan fingerprint density at radius 1 is 1.53 bits per heavy atom. The fourth-order valence-electron chi connectivity index (χ4n) is 1.85. The van der Waals surface area contributed by atoms with Crippen LogP contribution in [0.5, 0.6) is 5.75 Å². The maximum atomic E-state index is 11.8. The Kier molecular flexibility index (Phi) is 2.99. The van der Waals surface area contributed by atoms with Crippen LogP contribution in [0.3, 0.4) is 0 Å². The molecular weight excluding hydrogens is 222 g/mol. The van der Waals surface area contributed by atoms with Crippen molar-refractivity contribution in [3.05, 3.63) is 23.8 Å². The molecule has 0 fully saturated rings. The minimum atomic E-state index is -1.01. The van der Waals surface area contributed by atoms with Crippen LogP contribution >= 0.6 is 0 Å². The average molecular weight is 235 g/mol. The van der Waals surface area contributed by atoms with Gasteiger partial charge in [0.2, 0.25) is 5.91 Å². The van der Waals surface area contributed by atoms with Crippen molar-refractivity contribution < 1.29 is 19.4 Å². The van der Waals surface area contributed by atoms with E-state index in [-0.39, 0.29) is 11.5 Å². The Morgan fingerprint density at radius 3 is 2.94 bits per heavy atom. The number of hydrogen-bond acceptors (Lipinski definition) is 3. The molecule has 2 rings (SSSR count). The molecule has 0 aliphatic carbocycles. The molecule has 1 N–H and O–H groups in total. The quantitative estimate of drug-likeness (QED) is 0.843. The molecule has 0 bridgehead atoms. The van der Waals surface area contributed by atoms with Gasteiger partial charge in [0.25, 0.3) is 0 Å². The molecule has 0 atom stereocenters. The Hall–Kier alpha value is -2.04. The lowest BCUT2D eigenvalue weighted by molar-refractivity contribution is -0.118. The Bertz CT molecular complexity index is 470. The molecule has 0 radical (unpaired) electrons. The first-order valence-corrected chi connectivity index (χ1v) is 5.44. The summed E-state index contributed by atoms with van der Waals surface area (Å²) in [5.41, 5.74) is 0.690. The summed E-state index contributed by atoms with van der Waals surface area (Å²) < 4.78 is 5.43. The zero-order chi connectivity index (χ0) is 12.4. The average Bonchev–Trinajstić information content (AvgIpc) is 2.46. The predicted molar refractivity (Wildman–Crippen MR) is 61.5 cm³/mol. The van der Waals surface area contributed by atoms with E-state index in [1.54, 1.807) is 11.0 Å². The number of carboxylic acid groups (broad SMARTS) is 1. The number of amides is 1. The van der Waals surface area contributed by atoms with Gasteiger partial charge in [-0.1, -0.05) is 0 Å². The Morgan fingerprint density at radius 2 is 2.29 bits per heavy atom. The molecule has 5 nitrogen and oxygen atoms in total. The molecule has 17 heavy (non-hydrogen) atoms. The summed E-state index contributed by atoms with van der Waals surface area (Å²) in [6, 6.07) is 4.55. The van der Waals surface area contributed by atoms with Gasteiger partial charge in [-0.25, -0.2) is 4.79 Å². The second-order valence-corrected chi connectivity index (χ2v) is 3.72. The molecule has 1 aliphatic rings. The van der Waals surface area contributed by atoms with E-state index in [4.69, 9.17) is 9.84 Å². The topological polar surface area (TPSA) is 66.8 Å². The van der Waals surface area contributed by atoms with Crippen LogP contribution in [0.2, 0.25) is 0 Å². The van der Waals surface area contributed by atoms with Crippen LogP contribution in [0.15, 0.2) is 18.2 Å². The van der Waals surface area contributed by atoms with Gasteiger partial charge in [-0.3, -0.25) is 4.79 Å². The Labute approximate surface area is 98.6 Å². The summed E-state index contributed by atoms with van der Waals surface area (Å²) >= 11 is 0. The third-order valence-corrected chi connectivity index (χ3v) is 2.69. The van der Waals surface area contributed by atoms with E-state index in [0.29, 0.717) is 31.0 Å². The van der Waals surface area contributed by atoms with Crippen LogP contribution in [0.4, 0.5) is 5.69 Å². The first kappa shape index (κ1) is 11.4. The molecule has 0 unspecified atom stereocenters. The minimum Gasteiger partial charge on any atom is -0.491 e. The monoisotopic (exact) mass is 235 g/mol. The first-order chi connectivity index (χ1) is 8.13. The van der Waals surface area contributed by atoms with Crippen molar-refractivity contribution in [3.8, 4) is 5.75 Å². The fourth-order valence-corrected chi connectivity index (χ4v) is 1.85. The number of anilines is 1. The van der Waals surface area contributed by atoms with Gasteiger partial charge in [-0.2, -0.15) is 0 Å². The van der Waals surface area contributed by atoms with Crippen molar-refractivity contribution >= 4 is 17.6 Å². The summed E-state index contributed by atoms with van der Waals surface area (Å²) in [5.74, 6) is -0.503. The van der Waals surface area contributed by atoms with Crippen molar-refractivity contribution in [1.29, 1.82) is 0 Å². The second-order valence-electron chi connectivity index (χ2n) is 3.72. The molecule has 90 valence electrons. The van der Waals surface area contributed by atoms with Crippen molar-refractivity contribution in [2.45, 2.75) is 13.3 Å². The first-order valence-electron chi connectivity index (χ1n) is 5.44. The molecule has 1 amide bonds. The zero-order valence-corrected chi connectivity index (χ0v) is 9.47. The molecule has 1 aromatic carbocycles. The normalized spacial score (nSPS) is 14.9. The van der Waals surface area contributed by atoms with Gasteiger partial charge >= 0.3 is 5.97 Å². The number of nitrogens with zero attached hydrogens (tertiary/aromatic N) is 1. The lowest BCUT2D eigenvalue weighted by atomic mass is 10.1. The highest BCUT2D eigenvalue weighted by atomic mass is 16.5. The van der Waals surface area contributed by atoms with E-state index < -0.39 is 5.97 Å². The molecule has 5 heteroatoms. The van der Waals surface area contributed by atoms with E-state index in [1.165, 1.54) is 12.1 Å². The lowest BCUT2D eigenvalue weighted by Crippen LogP contribution is -2.29. The van der Waals surface area contributed by atoms with Crippen LogP contribution in [0.25, 0.3) is 0 Å². The van der Waals surface area contributed by atoms with Crippen LogP contribution in [0.1, 0.15) is 23.7 Å². The van der Waals surface area contributed by atoms with Crippen LogP contribution in [-0.2, 0) is 4.79 Å². The number of benzene rings is 1. The van der Waals surface area contributed by atoms with E-state index in [2.05, 4.69) is 0 Å². The number of carbonyl (C=O) groups is 2. The van der Waals surface area contributed by atoms with Crippen LogP contribution < -0.4 is 9.64 Å². The number of fused-ring (bicyclic) bond motifs is 1. The molecular formula is C12H13NO4. The van der Waals surface area contributed by atoms with Crippen molar-refractivity contribution in [3.63, 3.8) is 0 Å². The van der Waals surface area contributed by atoms with Gasteiger partial charge in [0.05, 0.1) is 24.3 Å². The van der Waals surface area contributed by atoms with E-state index >= 15 is 0 Å². The second kappa shape index (κ2) is 4.45. The SMILES string of the molecule is CCN1C(=O)CCOc2ccc(C(=O)O)cc21. The summed E-state index contributed by atoms with van der Waals surface area (Å²) in [7, 11) is 0. The van der Waals surface area contributed by atoms with Crippen LogP contribution in [0, 0.1) is 0 Å². The number of ether oxygens (including phenoxy) is 1. The van der Waals surface area contributed by atoms with Crippen LogP contribution in [-0.4, -0.2) is 30.1 Å². The number of carbonyl (C=O) groups excluding carboxylic acids is 1. The smallest absolute Gasteiger partial charge is 0.335 e. The lowest BCUT2D eigenvalue weighted by Gasteiger charge is -2.20. The molecule has 0 aromatic heterocycles.